The molecular formula is C19H26N2O2. The van der Waals surface area contributed by atoms with Gasteiger partial charge in [0.15, 0.2) is 0 Å². The van der Waals surface area contributed by atoms with E-state index in [-0.39, 0.29) is 11.8 Å². The van der Waals surface area contributed by atoms with Crippen molar-refractivity contribution in [3.63, 3.8) is 0 Å². The van der Waals surface area contributed by atoms with Gasteiger partial charge in [0.2, 0.25) is 5.91 Å². The van der Waals surface area contributed by atoms with Crippen LogP contribution in [0.4, 0.5) is 0 Å². The Bertz CT molecular complexity index is 525. The molecule has 1 aliphatic rings. The zero-order valence-corrected chi connectivity index (χ0v) is 13.9. The Morgan fingerprint density at radius 2 is 1.96 bits per heavy atom. The van der Waals surface area contributed by atoms with Crippen molar-refractivity contribution in [3.05, 3.63) is 35.4 Å². The lowest BCUT2D eigenvalue weighted by Crippen LogP contribution is -2.40. The number of likely N-dealkylation sites (tertiary alicyclic amines) is 1. The van der Waals surface area contributed by atoms with Crippen molar-refractivity contribution in [1.82, 2.24) is 10.2 Å². The molecule has 2 rings (SSSR count). The second-order valence-corrected chi connectivity index (χ2v) is 5.93. The van der Waals surface area contributed by atoms with Crippen LogP contribution in [0.25, 0.3) is 0 Å². The van der Waals surface area contributed by atoms with Crippen LogP contribution in [0.1, 0.15) is 30.9 Å². The second-order valence-electron chi connectivity index (χ2n) is 5.93. The maximum absolute atomic E-state index is 12.3. The SMILES string of the molecule is C#CCN1CCC(C(=O)NCc2ccc(COCC)cc2)CC1. The van der Waals surface area contributed by atoms with E-state index in [1.54, 1.807) is 0 Å². The van der Waals surface area contributed by atoms with Crippen LogP contribution in [0, 0.1) is 18.3 Å². The summed E-state index contributed by atoms with van der Waals surface area (Å²) >= 11 is 0. The van der Waals surface area contributed by atoms with E-state index in [4.69, 9.17) is 11.2 Å². The van der Waals surface area contributed by atoms with Crippen molar-refractivity contribution in [2.75, 3.05) is 26.2 Å². The summed E-state index contributed by atoms with van der Waals surface area (Å²) in [6.07, 6.45) is 7.10. The van der Waals surface area contributed by atoms with Crippen LogP contribution < -0.4 is 5.32 Å². The maximum Gasteiger partial charge on any atom is 0.223 e. The summed E-state index contributed by atoms with van der Waals surface area (Å²) in [7, 11) is 0. The lowest BCUT2D eigenvalue weighted by Gasteiger charge is -2.29. The van der Waals surface area contributed by atoms with Crippen LogP contribution in [0.3, 0.4) is 0 Å². The van der Waals surface area contributed by atoms with E-state index in [1.807, 2.05) is 19.1 Å². The fourth-order valence-corrected chi connectivity index (χ4v) is 2.79. The average molecular weight is 314 g/mol. The number of piperidine rings is 1. The molecule has 1 heterocycles. The first-order valence-corrected chi connectivity index (χ1v) is 8.32. The normalized spacial score (nSPS) is 16.0. The molecule has 0 saturated carbocycles. The summed E-state index contributed by atoms with van der Waals surface area (Å²) in [6, 6.07) is 8.19. The van der Waals surface area contributed by atoms with Gasteiger partial charge in [0.25, 0.3) is 0 Å². The smallest absolute Gasteiger partial charge is 0.223 e. The van der Waals surface area contributed by atoms with Crippen molar-refractivity contribution in [3.8, 4) is 12.3 Å². The van der Waals surface area contributed by atoms with Crippen LogP contribution in [-0.4, -0.2) is 37.0 Å². The van der Waals surface area contributed by atoms with Crippen molar-refractivity contribution in [1.29, 1.82) is 0 Å². The highest BCUT2D eigenvalue weighted by Gasteiger charge is 2.24. The molecule has 0 radical (unpaired) electrons. The molecule has 0 unspecified atom stereocenters. The Morgan fingerprint density at radius 1 is 1.30 bits per heavy atom. The van der Waals surface area contributed by atoms with Crippen LogP contribution >= 0.6 is 0 Å². The summed E-state index contributed by atoms with van der Waals surface area (Å²) in [5.41, 5.74) is 2.27. The van der Waals surface area contributed by atoms with Gasteiger partial charge in [-0.05, 0) is 44.0 Å². The van der Waals surface area contributed by atoms with Gasteiger partial charge in [-0.2, -0.15) is 0 Å². The highest BCUT2D eigenvalue weighted by Crippen LogP contribution is 2.17. The molecule has 4 heteroatoms. The van der Waals surface area contributed by atoms with Gasteiger partial charge < -0.3 is 10.1 Å². The standard InChI is InChI=1S/C19H26N2O2/c1-3-11-21-12-9-18(10-13-21)19(22)20-14-16-5-7-17(8-6-16)15-23-4-2/h1,5-8,18H,4,9-15H2,2H3,(H,20,22). The molecule has 1 aromatic rings. The Hall–Kier alpha value is -1.83. The summed E-state index contributed by atoms with van der Waals surface area (Å²) in [6.45, 7) is 6.43. The molecule has 0 aliphatic carbocycles. The van der Waals surface area contributed by atoms with Crippen LogP contribution in [0.2, 0.25) is 0 Å². The first kappa shape index (κ1) is 17.5. The molecule has 1 amide bonds. The number of amides is 1. The van der Waals surface area contributed by atoms with E-state index in [0.717, 1.165) is 43.7 Å². The van der Waals surface area contributed by atoms with Gasteiger partial charge in [0, 0.05) is 19.1 Å². The Balaban J connectivity index is 1.73. The first-order valence-electron chi connectivity index (χ1n) is 8.32. The molecule has 124 valence electrons. The third-order valence-electron chi connectivity index (χ3n) is 4.24. The van der Waals surface area contributed by atoms with Crippen LogP contribution in [-0.2, 0) is 22.7 Å². The maximum atomic E-state index is 12.3. The molecule has 1 aliphatic heterocycles. The number of rotatable bonds is 7. The average Bonchev–Trinajstić information content (AvgIpc) is 2.59. The minimum Gasteiger partial charge on any atom is -0.377 e. The molecule has 1 aromatic carbocycles. The molecule has 1 saturated heterocycles. The van der Waals surface area contributed by atoms with Gasteiger partial charge in [0.1, 0.15) is 0 Å². The molecule has 0 atom stereocenters. The predicted molar refractivity (Wildman–Crippen MR) is 91.6 cm³/mol. The zero-order chi connectivity index (χ0) is 16.5. The fourth-order valence-electron chi connectivity index (χ4n) is 2.79. The van der Waals surface area contributed by atoms with E-state index in [1.165, 1.54) is 0 Å². The highest BCUT2D eigenvalue weighted by molar-refractivity contribution is 5.78. The van der Waals surface area contributed by atoms with Crippen molar-refractivity contribution >= 4 is 5.91 Å². The number of terminal acetylenes is 1. The molecule has 1 N–H and O–H groups in total. The van der Waals surface area contributed by atoms with Gasteiger partial charge in [-0.1, -0.05) is 30.2 Å². The van der Waals surface area contributed by atoms with E-state index in [2.05, 4.69) is 28.3 Å². The van der Waals surface area contributed by atoms with E-state index >= 15 is 0 Å². The lowest BCUT2D eigenvalue weighted by molar-refractivity contribution is -0.126. The Morgan fingerprint density at radius 3 is 2.57 bits per heavy atom. The van der Waals surface area contributed by atoms with Crippen LogP contribution in [0.15, 0.2) is 24.3 Å². The van der Waals surface area contributed by atoms with Crippen molar-refractivity contribution in [2.24, 2.45) is 5.92 Å². The fraction of sp³-hybridized carbons (Fsp3) is 0.526. The molecule has 0 bridgehead atoms. The van der Waals surface area contributed by atoms with Gasteiger partial charge >= 0.3 is 0 Å². The number of nitrogens with one attached hydrogen (secondary N) is 1. The Labute approximate surface area is 139 Å². The molecule has 1 fully saturated rings. The van der Waals surface area contributed by atoms with Gasteiger partial charge in [0.05, 0.1) is 13.2 Å². The molecule has 0 aromatic heterocycles. The largest absolute Gasteiger partial charge is 0.377 e. The summed E-state index contributed by atoms with van der Waals surface area (Å²) in [5, 5.41) is 3.05. The number of carbonyl (C=O) groups is 1. The molecular weight excluding hydrogens is 288 g/mol. The molecule has 4 nitrogen and oxygen atoms in total. The summed E-state index contributed by atoms with van der Waals surface area (Å²) in [4.78, 5) is 14.5. The lowest BCUT2D eigenvalue weighted by atomic mass is 9.96. The third-order valence-corrected chi connectivity index (χ3v) is 4.24. The van der Waals surface area contributed by atoms with E-state index < -0.39 is 0 Å². The van der Waals surface area contributed by atoms with Gasteiger partial charge in [-0.15, -0.1) is 6.42 Å². The van der Waals surface area contributed by atoms with Gasteiger partial charge in [-0.3, -0.25) is 9.69 Å². The number of hydrogen-bond donors (Lipinski definition) is 1. The number of benzene rings is 1. The van der Waals surface area contributed by atoms with Crippen LogP contribution in [0.5, 0.6) is 0 Å². The quantitative estimate of drug-likeness (QED) is 0.785. The third kappa shape index (κ3) is 5.70. The minimum absolute atomic E-state index is 0.112. The number of hydrogen-bond acceptors (Lipinski definition) is 3. The molecule has 0 spiro atoms. The Kier molecular flexibility index (Phi) is 7.12. The summed E-state index contributed by atoms with van der Waals surface area (Å²) in [5.74, 6) is 2.93. The minimum atomic E-state index is 0.112. The second kappa shape index (κ2) is 9.34. The van der Waals surface area contributed by atoms with E-state index in [0.29, 0.717) is 19.7 Å². The monoisotopic (exact) mass is 314 g/mol. The first-order chi connectivity index (χ1) is 11.2. The topological polar surface area (TPSA) is 41.6 Å². The number of nitrogens with zero attached hydrogens (tertiary/aromatic N) is 1. The number of ether oxygens (including phenoxy) is 1. The molecule has 23 heavy (non-hydrogen) atoms. The zero-order valence-electron chi connectivity index (χ0n) is 13.9. The van der Waals surface area contributed by atoms with E-state index in [9.17, 15) is 4.79 Å². The highest BCUT2D eigenvalue weighted by atomic mass is 16.5. The number of carbonyl (C=O) groups excluding carboxylic acids is 1. The predicted octanol–water partition coefficient (Wildman–Crippen LogP) is 2.18. The van der Waals surface area contributed by atoms with Crippen molar-refractivity contribution in [2.45, 2.75) is 32.9 Å². The summed E-state index contributed by atoms with van der Waals surface area (Å²) < 4.78 is 5.38. The van der Waals surface area contributed by atoms with Crippen molar-refractivity contribution < 1.29 is 9.53 Å². The van der Waals surface area contributed by atoms with Gasteiger partial charge in [-0.25, -0.2) is 0 Å².